The van der Waals surface area contributed by atoms with Crippen molar-refractivity contribution in [3.63, 3.8) is 0 Å². The number of nitrogens with one attached hydrogen (secondary N) is 1. The van der Waals surface area contributed by atoms with E-state index in [4.69, 9.17) is 0 Å². The molecule has 2 aliphatic heterocycles. The van der Waals surface area contributed by atoms with Crippen LogP contribution < -0.4 is 10.2 Å². The Bertz CT molecular complexity index is 919. The Morgan fingerprint density at radius 2 is 1.86 bits per heavy atom. The van der Waals surface area contributed by atoms with E-state index in [1.807, 2.05) is 0 Å². The van der Waals surface area contributed by atoms with E-state index in [1.165, 1.54) is 18.5 Å². The predicted octanol–water partition coefficient (Wildman–Crippen LogP) is 2.68. The normalized spacial score (nSPS) is 25.8. The van der Waals surface area contributed by atoms with E-state index in [9.17, 15) is 18.0 Å². The third-order valence-corrected chi connectivity index (χ3v) is 5.77. The maximum atomic E-state index is 13.4. The summed E-state index contributed by atoms with van der Waals surface area (Å²) >= 11 is 0. The fraction of sp³-hybridized carbons (Fsp3) is 0.550. The Labute approximate surface area is 167 Å². The molecular formula is C20H24F3N5O. The molecular weight excluding hydrogens is 383 g/mol. The first-order chi connectivity index (χ1) is 13.7. The Hall–Kier alpha value is -2.42. The number of amides is 1. The zero-order valence-electron chi connectivity index (χ0n) is 16.4. The zero-order chi connectivity index (χ0) is 20.8. The molecule has 9 heteroatoms. The van der Waals surface area contributed by atoms with Crippen molar-refractivity contribution in [2.75, 3.05) is 31.6 Å². The number of carbonyl (C=O) groups excluding carboxylic acids is 1. The van der Waals surface area contributed by atoms with Crippen LogP contribution in [-0.2, 0) is 11.0 Å². The van der Waals surface area contributed by atoms with Crippen LogP contribution in [0.3, 0.4) is 0 Å². The molecule has 6 nitrogen and oxygen atoms in total. The molecule has 0 aliphatic carbocycles. The molecule has 2 fully saturated rings. The molecule has 2 saturated heterocycles. The molecule has 0 unspecified atom stereocenters. The first kappa shape index (κ1) is 19.9. The molecule has 1 aromatic heterocycles. The summed E-state index contributed by atoms with van der Waals surface area (Å²) in [6.45, 7) is 4.17. The van der Waals surface area contributed by atoms with Gasteiger partial charge in [0.25, 0.3) is 0 Å². The number of nitrogens with zero attached hydrogens (tertiary/aromatic N) is 4. The maximum Gasteiger partial charge on any atom is 0.418 e. The highest BCUT2D eigenvalue weighted by atomic mass is 19.4. The third-order valence-electron chi connectivity index (χ3n) is 5.77. The number of benzene rings is 1. The van der Waals surface area contributed by atoms with Crippen LogP contribution in [0.5, 0.6) is 0 Å². The Balaban J connectivity index is 1.62. The lowest BCUT2D eigenvalue weighted by atomic mass is 9.94. The highest BCUT2D eigenvalue weighted by molar-refractivity contribution is 5.91. The van der Waals surface area contributed by atoms with Crippen LogP contribution in [0.2, 0.25) is 0 Å². The van der Waals surface area contributed by atoms with Crippen molar-refractivity contribution in [2.24, 2.45) is 5.92 Å². The van der Waals surface area contributed by atoms with E-state index in [0.717, 1.165) is 25.5 Å². The summed E-state index contributed by atoms with van der Waals surface area (Å²) in [6, 6.07) is 2.46. The van der Waals surface area contributed by atoms with Crippen molar-refractivity contribution in [1.29, 1.82) is 0 Å². The molecule has 156 valence electrons. The number of likely N-dealkylation sites (N-methyl/N-ethyl adjacent to an activating group) is 1. The van der Waals surface area contributed by atoms with Gasteiger partial charge in [-0.05, 0) is 30.9 Å². The van der Waals surface area contributed by atoms with E-state index in [1.54, 1.807) is 11.9 Å². The van der Waals surface area contributed by atoms with Gasteiger partial charge in [0, 0.05) is 45.1 Å². The standard InChI is InChI=1S/C20H24F3N5O/c1-12-9-13(26-15-5-8-27(2)19(15)29)11-28(10-12)16-4-3-14(20(21,22)23)17-18(16)25-7-6-24-17/h3-4,6-7,12-13,15,26H,5,8-11H2,1-2H3/t12-,13+,15+/m0/s1. The highest BCUT2D eigenvalue weighted by Gasteiger charge is 2.36. The second kappa shape index (κ2) is 7.44. The van der Waals surface area contributed by atoms with Crippen molar-refractivity contribution in [2.45, 2.75) is 38.0 Å². The van der Waals surface area contributed by atoms with Gasteiger partial charge in [-0.1, -0.05) is 6.92 Å². The number of rotatable bonds is 3. The molecule has 0 bridgehead atoms. The summed E-state index contributed by atoms with van der Waals surface area (Å²) < 4.78 is 40.2. The predicted molar refractivity (Wildman–Crippen MR) is 103 cm³/mol. The van der Waals surface area contributed by atoms with Crippen molar-refractivity contribution in [3.05, 3.63) is 30.1 Å². The molecule has 3 heterocycles. The van der Waals surface area contributed by atoms with Crippen LogP contribution in [0, 0.1) is 5.92 Å². The number of hydrogen-bond acceptors (Lipinski definition) is 5. The third kappa shape index (κ3) is 3.88. The number of halogens is 3. The summed E-state index contributed by atoms with van der Waals surface area (Å²) in [6.07, 6.45) is -0.0982. The number of carbonyl (C=O) groups is 1. The van der Waals surface area contributed by atoms with Crippen LogP contribution in [0.25, 0.3) is 11.0 Å². The second-order valence-corrected chi connectivity index (χ2v) is 8.09. The van der Waals surface area contributed by atoms with E-state index >= 15 is 0 Å². The summed E-state index contributed by atoms with van der Waals surface area (Å²) in [5.74, 6) is 0.421. The van der Waals surface area contributed by atoms with Gasteiger partial charge in [0.15, 0.2) is 0 Å². The molecule has 29 heavy (non-hydrogen) atoms. The lowest BCUT2D eigenvalue weighted by molar-refractivity contribution is -0.136. The minimum atomic E-state index is -4.49. The number of alkyl halides is 3. The molecule has 0 saturated carbocycles. The van der Waals surface area contributed by atoms with Gasteiger partial charge in [0.05, 0.1) is 17.3 Å². The minimum Gasteiger partial charge on any atom is -0.368 e. The highest BCUT2D eigenvalue weighted by Crippen LogP contribution is 2.37. The summed E-state index contributed by atoms with van der Waals surface area (Å²) in [7, 11) is 1.80. The zero-order valence-corrected chi connectivity index (χ0v) is 16.4. The minimum absolute atomic E-state index is 0.0771. The average molecular weight is 407 g/mol. The molecule has 0 radical (unpaired) electrons. The average Bonchev–Trinajstić information content (AvgIpc) is 2.98. The van der Waals surface area contributed by atoms with Gasteiger partial charge < -0.3 is 15.1 Å². The summed E-state index contributed by atoms with van der Waals surface area (Å²) in [4.78, 5) is 24.2. The van der Waals surface area contributed by atoms with E-state index in [2.05, 4.69) is 27.1 Å². The molecule has 3 atom stereocenters. The number of piperidine rings is 1. The number of anilines is 1. The lowest BCUT2D eigenvalue weighted by Crippen LogP contribution is -2.53. The van der Waals surface area contributed by atoms with Gasteiger partial charge in [-0.15, -0.1) is 0 Å². The largest absolute Gasteiger partial charge is 0.418 e. The molecule has 1 N–H and O–H groups in total. The first-order valence-corrected chi connectivity index (χ1v) is 9.81. The Kier molecular flexibility index (Phi) is 5.10. The second-order valence-electron chi connectivity index (χ2n) is 8.09. The summed E-state index contributed by atoms with van der Waals surface area (Å²) in [5.41, 5.74) is -0.00216. The maximum absolute atomic E-state index is 13.4. The van der Waals surface area contributed by atoms with Crippen molar-refractivity contribution < 1.29 is 18.0 Å². The van der Waals surface area contributed by atoms with Gasteiger partial charge in [-0.25, -0.2) is 0 Å². The van der Waals surface area contributed by atoms with Gasteiger partial charge >= 0.3 is 6.18 Å². The molecule has 1 aromatic carbocycles. The lowest BCUT2D eigenvalue weighted by Gasteiger charge is -2.39. The van der Waals surface area contributed by atoms with Crippen LogP contribution in [0.15, 0.2) is 24.5 Å². The van der Waals surface area contributed by atoms with Crippen LogP contribution in [0.4, 0.5) is 18.9 Å². The Morgan fingerprint density at radius 3 is 2.52 bits per heavy atom. The fourth-order valence-electron chi connectivity index (χ4n) is 4.46. The number of aromatic nitrogens is 2. The number of likely N-dealkylation sites (tertiary alicyclic amines) is 1. The summed E-state index contributed by atoms with van der Waals surface area (Å²) in [5, 5.41) is 3.46. The Morgan fingerprint density at radius 1 is 1.14 bits per heavy atom. The molecule has 1 amide bonds. The topological polar surface area (TPSA) is 61.4 Å². The molecule has 4 rings (SSSR count). The number of hydrogen-bond donors (Lipinski definition) is 1. The fourth-order valence-corrected chi connectivity index (χ4v) is 4.46. The van der Waals surface area contributed by atoms with Crippen LogP contribution >= 0.6 is 0 Å². The smallest absolute Gasteiger partial charge is 0.368 e. The van der Waals surface area contributed by atoms with E-state index < -0.39 is 11.7 Å². The molecule has 0 spiro atoms. The van der Waals surface area contributed by atoms with Crippen molar-refractivity contribution >= 4 is 22.6 Å². The van der Waals surface area contributed by atoms with Crippen molar-refractivity contribution in [3.8, 4) is 0 Å². The quantitative estimate of drug-likeness (QED) is 0.848. The van der Waals surface area contributed by atoms with E-state index in [0.29, 0.717) is 24.7 Å². The van der Waals surface area contributed by atoms with Crippen molar-refractivity contribution in [1.82, 2.24) is 20.2 Å². The van der Waals surface area contributed by atoms with Crippen LogP contribution in [0.1, 0.15) is 25.3 Å². The first-order valence-electron chi connectivity index (χ1n) is 9.81. The van der Waals surface area contributed by atoms with Gasteiger partial charge in [0.2, 0.25) is 5.91 Å². The van der Waals surface area contributed by atoms with E-state index in [-0.39, 0.29) is 29.0 Å². The molecule has 2 aromatic rings. The number of fused-ring (bicyclic) bond motifs is 1. The SMILES string of the molecule is C[C@H]1C[C@@H](N[C@@H]2CCN(C)C2=O)CN(c2ccc(C(F)(F)F)c3nccnc23)C1. The van der Waals surface area contributed by atoms with Gasteiger partial charge in [0.1, 0.15) is 11.0 Å². The van der Waals surface area contributed by atoms with Crippen LogP contribution in [-0.4, -0.2) is 59.5 Å². The van der Waals surface area contributed by atoms with Gasteiger partial charge in [-0.3, -0.25) is 14.8 Å². The monoisotopic (exact) mass is 407 g/mol. The molecule has 2 aliphatic rings. The van der Waals surface area contributed by atoms with Gasteiger partial charge in [-0.2, -0.15) is 13.2 Å².